The molecule has 0 bridgehead atoms. The van der Waals surface area contributed by atoms with E-state index in [1.807, 2.05) is 60.7 Å². The maximum Gasteiger partial charge on any atom is 0.167 e. The summed E-state index contributed by atoms with van der Waals surface area (Å²) in [5.41, 5.74) is 10.4. The van der Waals surface area contributed by atoms with Crippen molar-refractivity contribution in [2.75, 3.05) is 0 Å². The lowest BCUT2D eigenvalue weighted by Gasteiger charge is -2.10. The largest absolute Gasteiger partial charge is 0.456 e. The molecule has 234 valence electrons. The van der Waals surface area contributed by atoms with E-state index in [1.165, 1.54) is 0 Å². The third-order valence-corrected chi connectivity index (χ3v) is 9.37. The van der Waals surface area contributed by atoms with Crippen molar-refractivity contribution >= 4 is 43.9 Å². The number of aromatic nitrogens is 3. The Kier molecular flexibility index (Phi) is 6.42. The number of nitrogens with zero attached hydrogens (tertiary/aromatic N) is 3. The zero-order chi connectivity index (χ0) is 33.0. The van der Waals surface area contributed by atoms with Gasteiger partial charge in [0.2, 0.25) is 0 Å². The standard InChI is InChI=1S/C45H27N3O2/c1-3-10-28(11-4-1)30-18-20-31(21-19-30)43-46-44(48-45(47-43)36-16-9-15-35-34-14-7-8-17-39(34)50-42(35)36)33-23-25-41-38(27-33)37-26-32(22-24-40(37)49-41)29-12-5-2-6-13-29/h1-27H. The highest BCUT2D eigenvalue weighted by Gasteiger charge is 2.19. The number of para-hydroxylation sites is 2. The predicted octanol–water partition coefficient (Wildman–Crippen LogP) is 12.0. The average Bonchev–Trinajstić information content (AvgIpc) is 3.76. The molecule has 0 amide bonds. The van der Waals surface area contributed by atoms with Crippen LogP contribution in [0, 0.1) is 0 Å². The van der Waals surface area contributed by atoms with Crippen molar-refractivity contribution in [1.29, 1.82) is 0 Å². The molecule has 10 rings (SSSR count). The summed E-state index contributed by atoms with van der Waals surface area (Å²) < 4.78 is 12.7. The van der Waals surface area contributed by atoms with E-state index in [2.05, 4.69) is 103 Å². The molecule has 0 aliphatic carbocycles. The topological polar surface area (TPSA) is 65.0 Å². The number of furan rings is 2. The van der Waals surface area contributed by atoms with E-state index in [1.54, 1.807) is 0 Å². The van der Waals surface area contributed by atoms with Crippen LogP contribution in [-0.4, -0.2) is 15.0 Å². The molecule has 0 spiro atoms. The fraction of sp³-hybridized carbons (Fsp3) is 0. The van der Waals surface area contributed by atoms with Crippen LogP contribution in [0.15, 0.2) is 173 Å². The molecule has 3 aromatic heterocycles. The smallest absolute Gasteiger partial charge is 0.167 e. The molecule has 0 saturated carbocycles. The molecule has 5 nitrogen and oxygen atoms in total. The Morgan fingerprint density at radius 3 is 1.54 bits per heavy atom. The molecular weight excluding hydrogens is 615 g/mol. The van der Waals surface area contributed by atoms with E-state index < -0.39 is 0 Å². The molecule has 0 aliphatic rings. The van der Waals surface area contributed by atoms with Gasteiger partial charge in [0, 0.05) is 32.7 Å². The van der Waals surface area contributed by atoms with E-state index >= 15 is 0 Å². The molecule has 0 radical (unpaired) electrons. The van der Waals surface area contributed by atoms with E-state index in [0.717, 1.165) is 82.8 Å². The minimum Gasteiger partial charge on any atom is -0.456 e. The lowest BCUT2D eigenvalue weighted by molar-refractivity contribution is 0.669. The van der Waals surface area contributed by atoms with E-state index in [4.69, 9.17) is 23.8 Å². The maximum atomic E-state index is 6.42. The Bertz CT molecular complexity index is 2850. The highest BCUT2D eigenvalue weighted by Crippen LogP contribution is 2.38. The average molecular weight is 642 g/mol. The number of benzene rings is 7. The van der Waals surface area contributed by atoms with Gasteiger partial charge in [0.25, 0.3) is 0 Å². The first kappa shape index (κ1) is 28.2. The van der Waals surface area contributed by atoms with Gasteiger partial charge in [-0.25, -0.2) is 15.0 Å². The molecule has 0 saturated heterocycles. The lowest BCUT2D eigenvalue weighted by atomic mass is 10.0. The number of fused-ring (bicyclic) bond motifs is 6. The molecule has 0 unspecified atom stereocenters. The zero-order valence-corrected chi connectivity index (χ0v) is 26.7. The Morgan fingerprint density at radius 1 is 0.300 bits per heavy atom. The van der Waals surface area contributed by atoms with Crippen LogP contribution in [-0.2, 0) is 0 Å². The van der Waals surface area contributed by atoms with Crippen molar-refractivity contribution < 1.29 is 8.83 Å². The molecule has 5 heteroatoms. The van der Waals surface area contributed by atoms with Crippen LogP contribution < -0.4 is 0 Å². The van der Waals surface area contributed by atoms with E-state index in [-0.39, 0.29) is 0 Å². The van der Waals surface area contributed by atoms with Crippen LogP contribution in [0.4, 0.5) is 0 Å². The summed E-state index contributed by atoms with van der Waals surface area (Å²) in [6.45, 7) is 0. The van der Waals surface area contributed by atoms with Crippen LogP contribution >= 0.6 is 0 Å². The predicted molar refractivity (Wildman–Crippen MR) is 202 cm³/mol. The minimum atomic E-state index is 0.547. The third-order valence-electron chi connectivity index (χ3n) is 9.37. The minimum absolute atomic E-state index is 0.547. The summed E-state index contributed by atoms with van der Waals surface area (Å²) in [4.78, 5) is 15.3. The molecule has 3 heterocycles. The van der Waals surface area contributed by atoms with Gasteiger partial charge in [-0.05, 0) is 64.7 Å². The van der Waals surface area contributed by atoms with Gasteiger partial charge in [-0.3, -0.25) is 0 Å². The Morgan fingerprint density at radius 2 is 0.800 bits per heavy atom. The number of rotatable bonds is 5. The van der Waals surface area contributed by atoms with E-state index in [9.17, 15) is 0 Å². The molecule has 7 aromatic carbocycles. The Hall–Kier alpha value is -6.85. The van der Waals surface area contributed by atoms with Crippen molar-refractivity contribution in [3.05, 3.63) is 164 Å². The molecule has 0 fully saturated rings. The summed E-state index contributed by atoms with van der Waals surface area (Å²) in [6, 6.07) is 55.8. The van der Waals surface area contributed by atoms with Crippen LogP contribution in [0.3, 0.4) is 0 Å². The third kappa shape index (κ3) is 4.75. The lowest BCUT2D eigenvalue weighted by Crippen LogP contribution is -2.00. The van der Waals surface area contributed by atoms with Crippen LogP contribution in [0.2, 0.25) is 0 Å². The van der Waals surface area contributed by atoms with E-state index in [0.29, 0.717) is 17.5 Å². The summed E-state index contributed by atoms with van der Waals surface area (Å²) in [7, 11) is 0. The van der Waals surface area contributed by atoms with Crippen molar-refractivity contribution in [3.63, 3.8) is 0 Å². The van der Waals surface area contributed by atoms with Crippen molar-refractivity contribution in [1.82, 2.24) is 15.0 Å². The van der Waals surface area contributed by atoms with Crippen molar-refractivity contribution in [2.24, 2.45) is 0 Å². The second-order valence-corrected chi connectivity index (χ2v) is 12.4. The van der Waals surface area contributed by atoms with Gasteiger partial charge in [-0.15, -0.1) is 0 Å². The van der Waals surface area contributed by atoms with Crippen LogP contribution in [0.5, 0.6) is 0 Å². The maximum absolute atomic E-state index is 6.42. The fourth-order valence-electron chi connectivity index (χ4n) is 6.85. The summed E-state index contributed by atoms with van der Waals surface area (Å²) in [6.07, 6.45) is 0. The van der Waals surface area contributed by atoms with Gasteiger partial charge in [-0.1, -0.05) is 121 Å². The zero-order valence-electron chi connectivity index (χ0n) is 26.7. The van der Waals surface area contributed by atoms with Gasteiger partial charge in [0.15, 0.2) is 17.5 Å². The first-order chi connectivity index (χ1) is 24.7. The first-order valence-electron chi connectivity index (χ1n) is 16.6. The fourth-order valence-corrected chi connectivity index (χ4v) is 6.85. The Labute approximate surface area is 287 Å². The normalized spacial score (nSPS) is 11.6. The first-order valence-corrected chi connectivity index (χ1v) is 16.6. The van der Waals surface area contributed by atoms with Gasteiger partial charge in [0.05, 0.1) is 5.56 Å². The van der Waals surface area contributed by atoms with Crippen molar-refractivity contribution in [3.8, 4) is 56.4 Å². The van der Waals surface area contributed by atoms with Gasteiger partial charge in [-0.2, -0.15) is 0 Å². The molecule has 0 N–H and O–H groups in total. The summed E-state index contributed by atoms with van der Waals surface area (Å²) >= 11 is 0. The van der Waals surface area contributed by atoms with Gasteiger partial charge in [0.1, 0.15) is 22.3 Å². The SMILES string of the molecule is c1ccc(-c2ccc(-c3nc(-c4ccc5oc6ccc(-c7ccccc7)cc6c5c4)nc(-c4cccc5c4oc4ccccc45)n3)cc2)cc1. The Balaban J connectivity index is 1.16. The molecule has 0 atom stereocenters. The number of hydrogen-bond acceptors (Lipinski definition) is 5. The molecule has 0 aliphatic heterocycles. The quantitative estimate of drug-likeness (QED) is 0.187. The summed E-state index contributed by atoms with van der Waals surface area (Å²) in [5, 5.41) is 4.13. The van der Waals surface area contributed by atoms with Gasteiger partial charge >= 0.3 is 0 Å². The molecule has 50 heavy (non-hydrogen) atoms. The molecular formula is C45H27N3O2. The second-order valence-electron chi connectivity index (χ2n) is 12.4. The van der Waals surface area contributed by atoms with Crippen LogP contribution in [0.25, 0.3) is 100 Å². The number of hydrogen-bond donors (Lipinski definition) is 0. The highest BCUT2D eigenvalue weighted by molar-refractivity contribution is 6.09. The van der Waals surface area contributed by atoms with Gasteiger partial charge < -0.3 is 8.83 Å². The summed E-state index contributed by atoms with van der Waals surface area (Å²) in [5.74, 6) is 1.70. The van der Waals surface area contributed by atoms with Crippen molar-refractivity contribution in [2.45, 2.75) is 0 Å². The second kappa shape index (κ2) is 11.4. The highest BCUT2D eigenvalue weighted by atomic mass is 16.3. The monoisotopic (exact) mass is 641 g/mol. The van der Waals surface area contributed by atoms with Crippen LogP contribution in [0.1, 0.15) is 0 Å². The molecule has 10 aromatic rings.